The average Bonchev–Trinajstić information content (AvgIpc) is 2.43. The molecule has 0 saturated carbocycles. The Balaban J connectivity index is 0.00000149. The fourth-order valence-corrected chi connectivity index (χ4v) is 3.52. The average molecular weight is 332 g/mol. The van der Waals surface area contributed by atoms with Gasteiger partial charge in [0.2, 0.25) is 5.52 Å². The third-order valence-electron chi connectivity index (χ3n) is 3.02. The summed E-state index contributed by atoms with van der Waals surface area (Å²) in [5.74, 6) is 1.49. The number of benzene rings is 1. The van der Waals surface area contributed by atoms with Crippen LogP contribution < -0.4 is 0 Å². The van der Waals surface area contributed by atoms with Crippen LogP contribution >= 0.6 is 7.14 Å². The lowest BCUT2D eigenvalue weighted by atomic mass is 10.0. The van der Waals surface area contributed by atoms with Gasteiger partial charge in [-0.1, -0.05) is 68.8 Å². The van der Waals surface area contributed by atoms with Gasteiger partial charge in [0.25, 0.3) is 0 Å². The van der Waals surface area contributed by atoms with Crippen LogP contribution in [0.3, 0.4) is 0 Å². The largest absolute Gasteiger partial charge is 0.311 e. The van der Waals surface area contributed by atoms with Crippen molar-refractivity contribution < 1.29 is 9.36 Å². The number of aryl methyl sites for hydroxylation is 3. The molecule has 0 bridgehead atoms. The zero-order valence-corrected chi connectivity index (χ0v) is 16.1. The van der Waals surface area contributed by atoms with E-state index in [0.717, 1.165) is 16.7 Å². The van der Waals surface area contributed by atoms with Crippen molar-refractivity contribution in [3.8, 4) is 0 Å². The topological polar surface area (TPSA) is 34.1 Å². The molecule has 0 N–H and O–H groups in total. The van der Waals surface area contributed by atoms with E-state index in [9.17, 15) is 9.36 Å². The molecule has 1 rings (SSSR count). The molecular weight excluding hydrogens is 303 g/mol. The van der Waals surface area contributed by atoms with Gasteiger partial charge in [-0.05, 0) is 44.4 Å². The van der Waals surface area contributed by atoms with Crippen molar-refractivity contribution in [3.63, 3.8) is 0 Å². The quantitative estimate of drug-likeness (QED) is 0.461. The summed E-state index contributed by atoms with van der Waals surface area (Å²) < 4.78 is 12.6. The highest BCUT2D eigenvalue weighted by Crippen LogP contribution is 2.47. The van der Waals surface area contributed by atoms with Crippen molar-refractivity contribution in [3.05, 3.63) is 71.1 Å². The zero-order valence-electron chi connectivity index (χ0n) is 15.2. The second-order valence-electron chi connectivity index (χ2n) is 5.74. The Morgan fingerprint density at radius 3 is 2.00 bits per heavy atom. The molecule has 0 spiro atoms. The SMILES string of the molecule is C=C/C=C\C=C\P(C)(=O)C(=O)c1c(C)cc(C)cc1C.CCC. The van der Waals surface area contributed by atoms with Crippen LogP contribution in [0.2, 0.25) is 0 Å². The third kappa shape index (κ3) is 6.97. The van der Waals surface area contributed by atoms with E-state index in [1.165, 1.54) is 18.9 Å². The molecule has 0 aromatic heterocycles. The maximum Gasteiger partial charge on any atom is 0.225 e. The van der Waals surface area contributed by atoms with E-state index in [4.69, 9.17) is 0 Å². The fraction of sp³-hybridized carbons (Fsp3) is 0.350. The van der Waals surface area contributed by atoms with E-state index in [2.05, 4.69) is 20.4 Å². The van der Waals surface area contributed by atoms with Gasteiger partial charge < -0.3 is 4.57 Å². The molecular formula is C20H29O2P. The second kappa shape index (κ2) is 10.2. The number of carbonyl (C=O) groups excluding carboxylic acids is 1. The summed E-state index contributed by atoms with van der Waals surface area (Å²) in [4.78, 5) is 12.5. The fourth-order valence-electron chi connectivity index (χ4n) is 2.16. The molecule has 23 heavy (non-hydrogen) atoms. The Hall–Kier alpha value is -1.66. The minimum absolute atomic E-state index is 0.282. The lowest BCUT2D eigenvalue weighted by Crippen LogP contribution is -2.04. The van der Waals surface area contributed by atoms with Crippen molar-refractivity contribution in [1.29, 1.82) is 0 Å². The Labute approximate surface area is 141 Å². The standard InChI is InChI=1S/C17H21O2P.C3H8/c1-6-7-8-9-10-20(5,19)17(18)16-14(3)11-13(2)12-15(16)4;1-3-2/h6-12H,1H2,2-5H3;3H2,1-2H3/b8-7-,10-9+;. The molecule has 0 aliphatic rings. The van der Waals surface area contributed by atoms with Crippen LogP contribution in [0.5, 0.6) is 0 Å². The Kier molecular flexibility index (Phi) is 9.44. The van der Waals surface area contributed by atoms with Crippen molar-refractivity contribution in [1.82, 2.24) is 0 Å². The van der Waals surface area contributed by atoms with E-state index in [1.807, 2.05) is 32.9 Å². The van der Waals surface area contributed by atoms with E-state index >= 15 is 0 Å². The van der Waals surface area contributed by atoms with Crippen LogP contribution in [0.15, 0.2) is 48.8 Å². The van der Waals surface area contributed by atoms with E-state index < -0.39 is 7.14 Å². The Morgan fingerprint density at radius 1 is 1.09 bits per heavy atom. The molecule has 1 aromatic rings. The van der Waals surface area contributed by atoms with Crippen LogP contribution in [0.1, 0.15) is 47.3 Å². The van der Waals surface area contributed by atoms with Crippen LogP contribution in [-0.4, -0.2) is 12.2 Å². The summed E-state index contributed by atoms with van der Waals surface area (Å²) in [6, 6.07) is 3.89. The first kappa shape index (κ1) is 21.3. The molecule has 0 amide bonds. The normalized spacial score (nSPS) is 13.5. The lowest BCUT2D eigenvalue weighted by molar-refractivity contribution is 0.107. The molecule has 0 radical (unpaired) electrons. The van der Waals surface area contributed by atoms with Crippen LogP contribution in [-0.2, 0) is 4.57 Å². The van der Waals surface area contributed by atoms with Crippen molar-refractivity contribution in [2.75, 3.05) is 6.66 Å². The summed E-state index contributed by atoms with van der Waals surface area (Å²) in [5, 5.41) is 0. The molecule has 0 aliphatic carbocycles. The summed E-state index contributed by atoms with van der Waals surface area (Å²) in [6.07, 6.45) is 7.95. The van der Waals surface area contributed by atoms with Gasteiger partial charge in [-0.25, -0.2) is 0 Å². The number of allylic oxidation sites excluding steroid dienone is 4. The first-order valence-corrected chi connectivity index (χ1v) is 10.1. The van der Waals surface area contributed by atoms with Crippen LogP contribution in [0.25, 0.3) is 0 Å². The predicted octanol–water partition coefficient (Wildman–Crippen LogP) is 6.42. The van der Waals surface area contributed by atoms with Crippen LogP contribution in [0.4, 0.5) is 0 Å². The molecule has 1 unspecified atom stereocenters. The van der Waals surface area contributed by atoms with Gasteiger partial charge >= 0.3 is 0 Å². The highest BCUT2D eigenvalue weighted by Gasteiger charge is 2.26. The van der Waals surface area contributed by atoms with Gasteiger partial charge in [-0.2, -0.15) is 0 Å². The minimum Gasteiger partial charge on any atom is -0.311 e. The first-order valence-electron chi connectivity index (χ1n) is 7.88. The molecule has 0 heterocycles. The van der Waals surface area contributed by atoms with Gasteiger partial charge in [-0.15, -0.1) is 0 Å². The van der Waals surface area contributed by atoms with Gasteiger partial charge in [0, 0.05) is 5.56 Å². The molecule has 126 valence electrons. The second-order valence-corrected chi connectivity index (χ2v) is 8.42. The smallest absolute Gasteiger partial charge is 0.225 e. The monoisotopic (exact) mass is 332 g/mol. The van der Waals surface area contributed by atoms with Crippen LogP contribution in [0, 0.1) is 20.8 Å². The maximum atomic E-state index is 12.6. The number of hydrogen-bond acceptors (Lipinski definition) is 2. The maximum absolute atomic E-state index is 12.6. The lowest BCUT2D eigenvalue weighted by Gasteiger charge is -2.13. The summed E-state index contributed by atoms with van der Waals surface area (Å²) >= 11 is 0. The minimum atomic E-state index is -3.02. The highest BCUT2D eigenvalue weighted by atomic mass is 31.2. The highest BCUT2D eigenvalue weighted by molar-refractivity contribution is 7.83. The van der Waals surface area contributed by atoms with E-state index in [0.29, 0.717) is 5.56 Å². The summed E-state index contributed by atoms with van der Waals surface area (Å²) in [7, 11) is -3.02. The van der Waals surface area contributed by atoms with E-state index in [1.54, 1.807) is 24.3 Å². The molecule has 1 aromatic carbocycles. The van der Waals surface area contributed by atoms with Crippen molar-refractivity contribution >= 4 is 12.7 Å². The van der Waals surface area contributed by atoms with Gasteiger partial charge in [0.15, 0.2) is 7.14 Å². The predicted molar refractivity (Wildman–Crippen MR) is 103 cm³/mol. The van der Waals surface area contributed by atoms with E-state index in [-0.39, 0.29) is 5.52 Å². The first-order chi connectivity index (χ1) is 10.7. The molecule has 0 aliphatic heterocycles. The number of carbonyl (C=O) groups is 1. The van der Waals surface area contributed by atoms with Gasteiger partial charge in [0.1, 0.15) is 0 Å². The molecule has 3 heteroatoms. The van der Waals surface area contributed by atoms with Gasteiger partial charge in [0.05, 0.1) is 0 Å². The summed E-state index contributed by atoms with van der Waals surface area (Å²) in [5.41, 5.74) is 3.16. The third-order valence-corrected chi connectivity index (χ3v) is 4.79. The van der Waals surface area contributed by atoms with Gasteiger partial charge in [-0.3, -0.25) is 4.79 Å². The molecule has 1 atom stereocenters. The molecule has 0 saturated heterocycles. The number of rotatable bonds is 5. The zero-order chi connectivity index (χ0) is 18.0. The summed E-state index contributed by atoms with van der Waals surface area (Å²) in [6.45, 7) is 15.1. The Morgan fingerprint density at radius 2 is 1.57 bits per heavy atom. The van der Waals surface area contributed by atoms with Crippen molar-refractivity contribution in [2.24, 2.45) is 0 Å². The van der Waals surface area contributed by atoms with Crippen molar-refractivity contribution in [2.45, 2.75) is 41.0 Å². The molecule has 0 fully saturated rings. The number of hydrogen-bond donors (Lipinski definition) is 0. The molecule has 2 nitrogen and oxygen atoms in total. The Bertz CT molecular complexity index is 629.